The number of benzene rings is 1. The minimum absolute atomic E-state index is 0.168. The fourth-order valence-corrected chi connectivity index (χ4v) is 2.42. The van der Waals surface area contributed by atoms with Crippen molar-refractivity contribution in [1.82, 2.24) is 5.32 Å². The van der Waals surface area contributed by atoms with Crippen molar-refractivity contribution in [2.75, 3.05) is 13.7 Å². The third-order valence-electron chi connectivity index (χ3n) is 3.52. The van der Waals surface area contributed by atoms with Crippen LogP contribution in [0.5, 0.6) is 0 Å². The summed E-state index contributed by atoms with van der Waals surface area (Å²) in [5.74, 6) is -0.168. The highest BCUT2D eigenvalue weighted by Crippen LogP contribution is 2.17. The zero-order valence-corrected chi connectivity index (χ0v) is 12.5. The van der Waals surface area contributed by atoms with Crippen molar-refractivity contribution in [3.63, 3.8) is 0 Å². The lowest BCUT2D eigenvalue weighted by molar-refractivity contribution is 0.0300. The SMILES string of the molecule is CCCC(OCC)C(Cc1cc(F)ccc1C)NC. The summed E-state index contributed by atoms with van der Waals surface area (Å²) in [6, 6.07) is 5.21. The van der Waals surface area contributed by atoms with E-state index < -0.39 is 0 Å². The van der Waals surface area contributed by atoms with E-state index in [2.05, 4.69) is 12.2 Å². The Bertz CT molecular complexity index is 375. The standard InChI is InChI=1S/C16H26FNO/c1-5-7-16(19-6-2)15(18-4)11-13-10-14(17)9-8-12(13)3/h8-10,15-16,18H,5-7,11H2,1-4H3. The first-order chi connectivity index (χ1) is 9.12. The van der Waals surface area contributed by atoms with Crippen LogP contribution in [0.25, 0.3) is 0 Å². The van der Waals surface area contributed by atoms with Gasteiger partial charge in [0.2, 0.25) is 0 Å². The summed E-state index contributed by atoms with van der Waals surface area (Å²) in [7, 11) is 1.95. The molecule has 0 aromatic heterocycles. The zero-order chi connectivity index (χ0) is 14.3. The molecule has 0 aliphatic carbocycles. The van der Waals surface area contributed by atoms with Gasteiger partial charge in [-0.1, -0.05) is 19.4 Å². The maximum absolute atomic E-state index is 13.3. The second-order valence-electron chi connectivity index (χ2n) is 4.95. The van der Waals surface area contributed by atoms with E-state index >= 15 is 0 Å². The van der Waals surface area contributed by atoms with E-state index in [0.717, 1.165) is 30.4 Å². The Hall–Kier alpha value is -0.930. The van der Waals surface area contributed by atoms with Gasteiger partial charge in [0.05, 0.1) is 6.10 Å². The number of likely N-dealkylation sites (N-methyl/N-ethyl adjacent to an activating group) is 1. The molecule has 3 heteroatoms. The Balaban J connectivity index is 2.81. The van der Waals surface area contributed by atoms with E-state index in [0.29, 0.717) is 6.61 Å². The molecule has 19 heavy (non-hydrogen) atoms. The Morgan fingerprint density at radius 1 is 1.32 bits per heavy atom. The minimum Gasteiger partial charge on any atom is -0.377 e. The molecule has 1 aromatic carbocycles. The molecule has 1 rings (SSSR count). The minimum atomic E-state index is -0.168. The van der Waals surface area contributed by atoms with Gasteiger partial charge < -0.3 is 10.1 Å². The summed E-state index contributed by atoms with van der Waals surface area (Å²) in [6.07, 6.45) is 3.09. The average Bonchev–Trinajstić information content (AvgIpc) is 2.39. The molecule has 0 fully saturated rings. The molecule has 0 amide bonds. The van der Waals surface area contributed by atoms with Gasteiger partial charge in [0.25, 0.3) is 0 Å². The molecule has 0 saturated heterocycles. The molecular weight excluding hydrogens is 241 g/mol. The van der Waals surface area contributed by atoms with Gasteiger partial charge in [-0.3, -0.25) is 0 Å². The lowest BCUT2D eigenvalue weighted by Crippen LogP contribution is -2.41. The molecule has 0 saturated carbocycles. The summed E-state index contributed by atoms with van der Waals surface area (Å²) in [5.41, 5.74) is 2.19. The zero-order valence-electron chi connectivity index (χ0n) is 12.5. The van der Waals surface area contributed by atoms with Gasteiger partial charge in [0, 0.05) is 12.6 Å². The number of rotatable bonds is 8. The maximum Gasteiger partial charge on any atom is 0.123 e. The van der Waals surface area contributed by atoms with Crippen molar-refractivity contribution < 1.29 is 9.13 Å². The molecule has 2 atom stereocenters. The monoisotopic (exact) mass is 267 g/mol. The smallest absolute Gasteiger partial charge is 0.123 e. The Labute approximate surface area is 116 Å². The molecule has 1 N–H and O–H groups in total. The number of halogens is 1. The van der Waals surface area contributed by atoms with Crippen LogP contribution in [0.15, 0.2) is 18.2 Å². The van der Waals surface area contributed by atoms with Gasteiger partial charge in [0.15, 0.2) is 0 Å². The molecular formula is C16H26FNO. The first-order valence-corrected chi connectivity index (χ1v) is 7.16. The first-order valence-electron chi connectivity index (χ1n) is 7.16. The molecule has 2 unspecified atom stereocenters. The topological polar surface area (TPSA) is 21.3 Å². The van der Waals surface area contributed by atoms with E-state index in [1.807, 2.05) is 27.0 Å². The van der Waals surface area contributed by atoms with E-state index in [9.17, 15) is 4.39 Å². The van der Waals surface area contributed by atoms with Crippen molar-refractivity contribution in [2.45, 2.75) is 52.2 Å². The average molecular weight is 267 g/mol. The van der Waals surface area contributed by atoms with Crippen LogP contribution in [0.3, 0.4) is 0 Å². The summed E-state index contributed by atoms with van der Waals surface area (Å²) in [5, 5.41) is 3.32. The van der Waals surface area contributed by atoms with Crippen LogP contribution >= 0.6 is 0 Å². The van der Waals surface area contributed by atoms with Crippen LogP contribution < -0.4 is 5.32 Å². The number of hydrogen-bond donors (Lipinski definition) is 1. The third kappa shape index (κ3) is 4.92. The molecule has 0 heterocycles. The molecule has 0 aliphatic heterocycles. The summed E-state index contributed by atoms with van der Waals surface area (Å²) in [4.78, 5) is 0. The molecule has 108 valence electrons. The second-order valence-corrected chi connectivity index (χ2v) is 4.95. The van der Waals surface area contributed by atoms with Gasteiger partial charge in [-0.25, -0.2) is 4.39 Å². The number of nitrogens with one attached hydrogen (secondary N) is 1. The summed E-state index contributed by atoms with van der Waals surface area (Å²) >= 11 is 0. The van der Waals surface area contributed by atoms with Crippen LogP contribution in [-0.2, 0) is 11.2 Å². The van der Waals surface area contributed by atoms with Gasteiger partial charge in [-0.15, -0.1) is 0 Å². The highest BCUT2D eigenvalue weighted by molar-refractivity contribution is 5.27. The van der Waals surface area contributed by atoms with E-state index in [1.165, 1.54) is 6.07 Å². The Morgan fingerprint density at radius 3 is 2.63 bits per heavy atom. The van der Waals surface area contributed by atoms with Crippen molar-refractivity contribution in [3.05, 3.63) is 35.1 Å². The van der Waals surface area contributed by atoms with Crippen LogP contribution in [0.4, 0.5) is 4.39 Å². The molecule has 0 bridgehead atoms. The normalized spacial score (nSPS) is 14.4. The van der Waals surface area contributed by atoms with Gasteiger partial charge in [0.1, 0.15) is 5.82 Å². The molecule has 2 nitrogen and oxygen atoms in total. The predicted octanol–water partition coefficient (Wildman–Crippen LogP) is 3.47. The van der Waals surface area contributed by atoms with Crippen LogP contribution in [0, 0.1) is 12.7 Å². The Morgan fingerprint density at radius 2 is 2.05 bits per heavy atom. The van der Waals surface area contributed by atoms with E-state index in [1.54, 1.807) is 6.07 Å². The first kappa shape index (κ1) is 16.1. The molecule has 0 spiro atoms. The van der Waals surface area contributed by atoms with Gasteiger partial charge in [-0.2, -0.15) is 0 Å². The van der Waals surface area contributed by atoms with Crippen molar-refractivity contribution >= 4 is 0 Å². The second kappa shape index (κ2) is 8.28. The van der Waals surface area contributed by atoms with Crippen LogP contribution in [0.2, 0.25) is 0 Å². The molecule has 0 aliphatic rings. The highest BCUT2D eigenvalue weighted by atomic mass is 19.1. The van der Waals surface area contributed by atoms with E-state index in [4.69, 9.17) is 4.74 Å². The van der Waals surface area contributed by atoms with Crippen molar-refractivity contribution in [3.8, 4) is 0 Å². The quantitative estimate of drug-likeness (QED) is 0.778. The van der Waals surface area contributed by atoms with E-state index in [-0.39, 0.29) is 18.0 Å². The maximum atomic E-state index is 13.3. The lowest BCUT2D eigenvalue weighted by Gasteiger charge is -2.27. The van der Waals surface area contributed by atoms with Crippen LogP contribution in [-0.4, -0.2) is 25.8 Å². The summed E-state index contributed by atoms with van der Waals surface area (Å²) in [6.45, 7) is 6.91. The molecule has 1 aromatic rings. The predicted molar refractivity (Wildman–Crippen MR) is 78.0 cm³/mol. The third-order valence-corrected chi connectivity index (χ3v) is 3.52. The molecule has 0 radical (unpaired) electrons. The number of aryl methyl sites for hydroxylation is 1. The van der Waals surface area contributed by atoms with Crippen LogP contribution in [0.1, 0.15) is 37.8 Å². The fourth-order valence-electron chi connectivity index (χ4n) is 2.42. The fraction of sp³-hybridized carbons (Fsp3) is 0.625. The number of ether oxygens (including phenoxy) is 1. The highest BCUT2D eigenvalue weighted by Gasteiger charge is 2.20. The van der Waals surface area contributed by atoms with Gasteiger partial charge in [-0.05, 0) is 57.0 Å². The lowest BCUT2D eigenvalue weighted by atomic mass is 9.95. The van der Waals surface area contributed by atoms with Crippen molar-refractivity contribution in [2.24, 2.45) is 0 Å². The van der Waals surface area contributed by atoms with Gasteiger partial charge >= 0.3 is 0 Å². The Kier molecular flexibility index (Phi) is 7.03. The number of hydrogen-bond acceptors (Lipinski definition) is 2. The summed E-state index contributed by atoms with van der Waals surface area (Å²) < 4.78 is 19.2. The van der Waals surface area contributed by atoms with Crippen molar-refractivity contribution in [1.29, 1.82) is 0 Å². The largest absolute Gasteiger partial charge is 0.377 e.